The second-order valence-corrected chi connectivity index (χ2v) is 18.4. The number of allylic oxidation sites excluding steroid dienone is 2. The molecule has 3 N–H and O–H groups in total. The number of aldehydes is 1. The highest BCUT2D eigenvalue weighted by Crippen LogP contribution is 2.38. The summed E-state index contributed by atoms with van der Waals surface area (Å²) in [6.45, 7) is 12.0. The molecule has 0 aromatic rings. The first kappa shape index (κ1) is 52.2. The Hall–Kier alpha value is -2.39. The van der Waals surface area contributed by atoms with E-state index in [1.165, 1.54) is 21.0 Å². The molecule has 19 atom stereocenters. The molecule has 17 nitrogen and oxygen atoms in total. The van der Waals surface area contributed by atoms with Crippen molar-refractivity contribution in [3.8, 4) is 0 Å². The molecule has 0 aromatic carbocycles. The largest absolute Gasteiger partial charge is 0.462 e. The summed E-state index contributed by atoms with van der Waals surface area (Å²) < 4.78 is 56.3. The summed E-state index contributed by atoms with van der Waals surface area (Å²) in [7, 11) is 9.02. The van der Waals surface area contributed by atoms with E-state index in [4.69, 9.17) is 42.6 Å². The van der Waals surface area contributed by atoms with E-state index >= 15 is 0 Å². The number of likely N-dealkylation sites (N-methyl/N-ethyl adjacent to an activating group) is 2. The third kappa shape index (κ3) is 14.1. The molecular weight excluding hydrogens is 808 g/mol. The fraction of sp³-hybridized carbons (Fsp3) is 0.844. The zero-order chi connectivity index (χ0) is 46.1. The Morgan fingerprint density at radius 3 is 2.19 bits per heavy atom. The maximum Gasteiger partial charge on any atom is 0.309 e. The number of aliphatic hydroxyl groups is 3. The Morgan fingerprint density at radius 1 is 0.903 bits per heavy atom. The number of esters is 2. The Bertz CT molecular complexity index is 1480. The fourth-order valence-electron chi connectivity index (χ4n) is 9.40. The van der Waals surface area contributed by atoms with Gasteiger partial charge >= 0.3 is 11.9 Å². The minimum Gasteiger partial charge on any atom is -0.462 e. The van der Waals surface area contributed by atoms with Crippen LogP contribution < -0.4 is 0 Å². The maximum atomic E-state index is 13.4. The molecular formula is C45H76N2O15. The first-order chi connectivity index (χ1) is 29.2. The van der Waals surface area contributed by atoms with Gasteiger partial charge in [-0.25, -0.2) is 0 Å². The molecule has 0 aromatic heterocycles. The summed E-state index contributed by atoms with van der Waals surface area (Å²) >= 11 is 0. The molecule has 0 saturated carbocycles. The quantitative estimate of drug-likeness (QED) is 0.191. The molecule has 3 saturated heterocycles. The zero-order valence-electron chi connectivity index (χ0n) is 38.9. The van der Waals surface area contributed by atoms with Crippen LogP contribution in [0, 0.1) is 11.8 Å². The minimum atomic E-state index is -1.49. The molecule has 4 aliphatic heterocycles. The standard InChI is InChI=1S/C45H76N2O15/c1-25-22-31(20-21-48)41(62-44-39(51)38(47(10)11)40(28(4)58-44)61-37-24-45(7,53)43(52)29(5)57-37)42(54-12)34(59-30(6)49)23-35(50)55-26(2)16-14-13-15-17-33(25)60-36-19-18-32(46(8)9)27(3)56-36/h13-15,17,21,25-29,31-34,36-44,51-53H,16,18-20,22-24H2,1-12H3/t25?,26?,27?,28?,29?,31?,32?,33?,34?,36?,37?,38?,39?,40?,41?,42?,43?,44?,45-/m1/s1. The average Bonchev–Trinajstić information content (AvgIpc) is 3.16. The van der Waals surface area contributed by atoms with Gasteiger partial charge in [-0.1, -0.05) is 31.2 Å². The molecule has 356 valence electrons. The van der Waals surface area contributed by atoms with Gasteiger partial charge < -0.3 is 72.5 Å². The van der Waals surface area contributed by atoms with Crippen molar-refractivity contribution in [3.63, 3.8) is 0 Å². The van der Waals surface area contributed by atoms with Gasteiger partial charge in [0.05, 0.1) is 48.6 Å². The Labute approximate surface area is 368 Å². The number of carbonyl (C=O) groups excluding carboxylic acids is 3. The summed E-state index contributed by atoms with van der Waals surface area (Å²) in [4.78, 5) is 42.7. The van der Waals surface area contributed by atoms with E-state index in [2.05, 4.69) is 4.90 Å². The van der Waals surface area contributed by atoms with E-state index < -0.39 is 109 Å². The van der Waals surface area contributed by atoms with Crippen molar-refractivity contribution in [1.82, 2.24) is 9.80 Å². The highest BCUT2D eigenvalue weighted by Gasteiger charge is 2.52. The normalized spacial score (nSPS) is 43.0. The second-order valence-electron chi connectivity index (χ2n) is 18.4. The number of nitrogens with zero attached hydrogens (tertiary/aromatic N) is 2. The van der Waals surface area contributed by atoms with Crippen LogP contribution in [0.1, 0.15) is 93.4 Å². The van der Waals surface area contributed by atoms with Gasteiger partial charge in [-0.2, -0.15) is 0 Å². The van der Waals surface area contributed by atoms with Crippen molar-refractivity contribution in [3.05, 3.63) is 24.3 Å². The van der Waals surface area contributed by atoms with Crippen LogP contribution in [0.3, 0.4) is 0 Å². The van der Waals surface area contributed by atoms with Gasteiger partial charge in [-0.15, -0.1) is 0 Å². The summed E-state index contributed by atoms with van der Waals surface area (Å²) in [5.74, 6) is -2.21. The van der Waals surface area contributed by atoms with Gasteiger partial charge in [0.1, 0.15) is 42.9 Å². The number of hydrogen-bond acceptors (Lipinski definition) is 17. The molecule has 0 amide bonds. The molecule has 3 fully saturated rings. The number of hydrogen-bond donors (Lipinski definition) is 3. The summed E-state index contributed by atoms with van der Waals surface area (Å²) in [5.41, 5.74) is -1.49. The van der Waals surface area contributed by atoms with Crippen molar-refractivity contribution < 1.29 is 72.3 Å². The zero-order valence-corrected chi connectivity index (χ0v) is 38.9. The maximum absolute atomic E-state index is 13.4. The van der Waals surface area contributed by atoms with Crippen molar-refractivity contribution in [2.75, 3.05) is 35.3 Å². The lowest BCUT2D eigenvalue weighted by atomic mass is 9.82. The van der Waals surface area contributed by atoms with Crippen LogP contribution in [-0.2, 0) is 57.0 Å². The second kappa shape index (κ2) is 23.7. The van der Waals surface area contributed by atoms with Gasteiger partial charge in [0.15, 0.2) is 18.9 Å². The van der Waals surface area contributed by atoms with Crippen molar-refractivity contribution in [2.45, 2.75) is 197 Å². The van der Waals surface area contributed by atoms with Gasteiger partial charge in [-0.05, 0) is 93.9 Å². The van der Waals surface area contributed by atoms with E-state index in [1.807, 2.05) is 52.2 Å². The van der Waals surface area contributed by atoms with E-state index in [1.54, 1.807) is 39.8 Å². The number of ether oxygens (including phenoxy) is 9. The molecule has 18 unspecified atom stereocenters. The SMILES string of the molecule is COC1C(OC(C)=O)CC(=O)OC(C)CC=CC=CC(OC2CCC(N(C)C)C(C)O2)C(C)CC(CC=O)C1OC1OC(C)C(OC2C[C@@](C)(O)C(O)C(C)O2)C(N(C)C)C1O. The highest BCUT2D eigenvalue weighted by molar-refractivity contribution is 5.72. The first-order valence-electron chi connectivity index (χ1n) is 22.2. The van der Waals surface area contributed by atoms with E-state index in [0.717, 1.165) is 12.7 Å². The lowest BCUT2D eigenvalue weighted by Gasteiger charge is -2.50. The van der Waals surface area contributed by atoms with Crippen molar-refractivity contribution >= 4 is 18.2 Å². The Kier molecular flexibility index (Phi) is 20.0. The van der Waals surface area contributed by atoms with Crippen molar-refractivity contribution in [1.29, 1.82) is 0 Å². The number of carbonyl (C=O) groups is 3. The van der Waals surface area contributed by atoms with Gasteiger partial charge in [-0.3, -0.25) is 9.59 Å². The van der Waals surface area contributed by atoms with Crippen LogP contribution in [0.2, 0.25) is 0 Å². The molecule has 62 heavy (non-hydrogen) atoms. The molecule has 4 aliphatic rings. The van der Waals surface area contributed by atoms with Crippen LogP contribution >= 0.6 is 0 Å². The number of methoxy groups -OCH3 is 1. The van der Waals surface area contributed by atoms with Crippen LogP contribution in [-0.4, -0.2) is 182 Å². The third-order valence-corrected chi connectivity index (χ3v) is 12.7. The third-order valence-electron chi connectivity index (χ3n) is 12.7. The van der Waals surface area contributed by atoms with E-state index in [-0.39, 0.29) is 37.3 Å². The predicted molar refractivity (Wildman–Crippen MR) is 226 cm³/mol. The molecule has 0 spiro atoms. The van der Waals surface area contributed by atoms with Crippen LogP contribution in [0.15, 0.2) is 24.3 Å². The highest BCUT2D eigenvalue weighted by atomic mass is 16.7. The van der Waals surface area contributed by atoms with Gasteiger partial charge in [0.25, 0.3) is 0 Å². The predicted octanol–water partition coefficient (Wildman–Crippen LogP) is 2.90. The average molecular weight is 885 g/mol. The summed E-state index contributed by atoms with van der Waals surface area (Å²) in [6, 6.07) is -0.509. The van der Waals surface area contributed by atoms with Crippen LogP contribution in [0.4, 0.5) is 0 Å². The number of aliphatic hydroxyl groups excluding tert-OH is 2. The molecule has 0 bridgehead atoms. The number of cyclic esters (lactones) is 1. The van der Waals surface area contributed by atoms with Crippen LogP contribution in [0.25, 0.3) is 0 Å². The molecule has 4 heterocycles. The molecule has 4 rings (SSSR count). The fourth-order valence-corrected chi connectivity index (χ4v) is 9.40. The molecule has 0 radical (unpaired) electrons. The van der Waals surface area contributed by atoms with Crippen molar-refractivity contribution in [2.24, 2.45) is 11.8 Å². The van der Waals surface area contributed by atoms with Gasteiger partial charge in [0.2, 0.25) is 0 Å². The van der Waals surface area contributed by atoms with E-state index in [9.17, 15) is 29.7 Å². The summed E-state index contributed by atoms with van der Waals surface area (Å²) in [5, 5.41) is 33.6. The minimum absolute atomic E-state index is 0.0293. The monoisotopic (exact) mass is 885 g/mol. The Balaban J connectivity index is 1.73. The smallest absolute Gasteiger partial charge is 0.309 e. The van der Waals surface area contributed by atoms with E-state index in [0.29, 0.717) is 19.3 Å². The van der Waals surface area contributed by atoms with Gasteiger partial charge in [0, 0.05) is 39.3 Å². The van der Waals surface area contributed by atoms with Crippen LogP contribution in [0.5, 0.6) is 0 Å². The first-order valence-corrected chi connectivity index (χ1v) is 22.2. The molecule has 0 aliphatic carbocycles. The Morgan fingerprint density at radius 2 is 1.60 bits per heavy atom. The summed E-state index contributed by atoms with van der Waals surface area (Å²) in [6.07, 6.45) is -1.81. The molecule has 17 heteroatoms. The lowest BCUT2D eigenvalue weighted by molar-refractivity contribution is -0.344. The lowest BCUT2D eigenvalue weighted by Crippen LogP contribution is -2.65. The topological polar surface area (TPSA) is 201 Å². The number of rotatable bonds is 12.